The van der Waals surface area contributed by atoms with E-state index in [4.69, 9.17) is 4.74 Å². The molecule has 0 spiro atoms. The minimum absolute atomic E-state index is 0.0263. The largest absolute Gasteiger partial charge is 0.496 e. The van der Waals surface area contributed by atoms with Gasteiger partial charge < -0.3 is 20.3 Å². The second-order valence-corrected chi connectivity index (χ2v) is 7.50. The summed E-state index contributed by atoms with van der Waals surface area (Å²) in [5.74, 6) is 0.845. The summed E-state index contributed by atoms with van der Waals surface area (Å²) in [6.45, 7) is 0.979. The van der Waals surface area contributed by atoms with Gasteiger partial charge in [-0.15, -0.1) is 0 Å². The minimum Gasteiger partial charge on any atom is -0.496 e. The zero-order chi connectivity index (χ0) is 20.2. The monoisotopic (exact) mass is 389 g/mol. The standard InChI is InChI=1S/C25H27NO3/c1-29-24-14-18(15-27)12-20-10-11-26-23(25(20)24)13-17-6-8-19(9-7-17)22-5-3-2-4-21(22)16-28/h2-9,12,14,23,26-28H,10-11,13,15-16H2,1H3. The van der Waals surface area contributed by atoms with E-state index >= 15 is 0 Å². The van der Waals surface area contributed by atoms with Crippen LogP contribution in [-0.4, -0.2) is 23.9 Å². The fourth-order valence-corrected chi connectivity index (χ4v) is 4.26. The van der Waals surface area contributed by atoms with Gasteiger partial charge >= 0.3 is 0 Å². The van der Waals surface area contributed by atoms with E-state index in [0.717, 1.165) is 47.4 Å². The molecule has 1 aliphatic heterocycles. The van der Waals surface area contributed by atoms with Crippen molar-refractivity contribution in [1.29, 1.82) is 0 Å². The highest BCUT2D eigenvalue weighted by molar-refractivity contribution is 5.67. The molecule has 0 aromatic heterocycles. The van der Waals surface area contributed by atoms with Crippen LogP contribution in [-0.2, 0) is 26.1 Å². The average molecular weight is 389 g/mol. The number of hydrogen-bond acceptors (Lipinski definition) is 4. The van der Waals surface area contributed by atoms with Crippen LogP contribution in [0.15, 0.2) is 60.7 Å². The summed E-state index contributed by atoms with van der Waals surface area (Å²) >= 11 is 0. The van der Waals surface area contributed by atoms with Gasteiger partial charge in [-0.25, -0.2) is 0 Å². The van der Waals surface area contributed by atoms with E-state index in [9.17, 15) is 10.2 Å². The molecule has 4 heteroatoms. The van der Waals surface area contributed by atoms with Crippen molar-refractivity contribution in [3.05, 3.63) is 88.5 Å². The molecule has 3 N–H and O–H groups in total. The molecular weight excluding hydrogens is 362 g/mol. The highest BCUT2D eigenvalue weighted by atomic mass is 16.5. The fourth-order valence-electron chi connectivity index (χ4n) is 4.26. The fraction of sp³-hybridized carbons (Fsp3) is 0.280. The van der Waals surface area contributed by atoms with Crippen LogP contribution in [0.25, 0.3) is 11.1 Å². The van der Waals surface area contributed by atoms with Crippen molar-refractivity contribution in [3.8, 4) is 16.9 Å². The van der Waals surface area contributed by atoms with Gasteiger partial charge in [0, 0.05) is 11.6 Å². The van der Waals surface area contributed by atoms with E-state index in [1.807, 2.05) is 30.3 Å². The van der Waals surface area contributed by atoms with E-state index in [0.29, 0.717) is 0 Å². The number of rotatable bonds is 6. The average Bonchev–Trinajstić information content (AvgIpc) is 2.78. The molecule has 0 aliphatic carbocycles. The van der Waals surface area contributed by atoms with E-state index in [1.165, 1.54) is 16.7 Å². The maximum atomic E-state index is 9.59. The zero-order valence-corrected chi connectivity index (χ0v) is 16.7. The van der Waals surface area contributed by atoms with Crippen LogP contribution in [0.4, 0.5) is 0 Å². The van der Waals surface area contributed by atoms with Crippen molar-refractivity contribution >= 4 is 0 Å². The minimum atomic E-state index is 0.0263. The van der Waals surface area contributed by atoms with Gasteiger partial charge in [0.2, 0.25) is 0 Å². The van der Waals surface area contributed by atoms with Crippen molar-refractivity contribution in [2.45, 2.75) is 32.1 Å². The highest BCUT2D eigenvalue weighted by Crippen LogP contribution is 2.35. The van der Waals surface area contributed by atoms with Crippen LogP contribution in [0.5, 0.6) is 5.75 Å². The van der Waals surface area contributed by atoms with E-state index in [-0.39, 0.29) is 19.3 Å². The third-order valence-corrected chi connectivity index (χ3v) is 5.72. The van der Waals surface area contributed by atoms with Gasteiger partial charge in [0.1, 0.15) is 5.75 Å². The van der Waals surface area contributed by atoms with Crippen molar-refractivity contribution in [2.24, 2.45) is 0 Å². The third-order valence-electron chi connectivity index (χ3n) is 5.72. The number of methoxy groups -OCH3 is 1. The summed E-state index contributed by atoms with van der Waals surface area (Å²) in [5, 5.41) is 22.8. The molecule has 3 aromatic carbocycles. The Morgan fingerprint density at radius 3 is 2.48 bits per heavy atom. The number of fused-ring (bicyclic) bond motifs is 1. The molecule has 29 heavy (non-hydrogen) atoms. The van der Waals surface area contributed by atoms with Gasteiger partial charge in [-0.1, -0.05) is 54.6 Å². The molecule has 0 saturated carbocycles. The van der Waals surface area contributed by atoms with Crippen LogP contribution < -0.4 is 10.1 Å². The van der Waals surface area contributed by atoms with Crippen molar-refractivity contribution in [2.75, 3.05) is 13.7 Å². The summed E-state index contributed by atoms with van der Waals surface area (Å²) in [6.07, 6.45) is 1.80. The molecule has 4 rings (SSSR count). The number of benzene rings is 3. The molecule has 0 fully saturated rings. The highest BCUT2D eigenvalue weighted by Gasteiger charge is 2.24. The first-order valence-electron chi connectivity index (χ1n) is 10.1. The Bertz CT molecular complexity index is 965. The number of ether oxygens (including phenoxy) is 1. The molecule has 0 radical (unpaired) electrons. The summed E-state index contributed by atoms with van der Waals surface area (Å²) in [5.41, 5.74) is 7.72. The molecule has 0 bridgehead atoms. The van der Waals surface area contributed by atoms with Gasteiger partial charge in [-0.05, 0) is 58.8 Å². The first-order chi connectivity index (χ1) is 14.2. The lowest BCUT2D eigenvalue weighted by Crippen LogP contribution is -2.31. The lowest BCUT2D eigenvalue weighted by atomic mass is 9.88. The number of hydrogen-bond donors (Lipinski definition) is 3. The second-order valence-electron chi connectivity index (χ2n) is 7.50. The lowest BCUT2D eigenvalue weighted by molar-refractivity contribution is 0.280. The van der Waals surface area contributed by atoms with Gasteiger partial charge in [0.25, 0.3) is 0 Å². The molecule has 1 unspecified atom stereocenters. The number of nitrogens with one attached hydrogen (secondary N) is 1. The molecule has 0 amide bonds. The van der Waals surface area contributed by atoms with E-state index in [2.05, 4.69) is 35.6 Å². The molecule has 1 atom stereocenters. The normalized spacial score (nSPS) is 15.8. The quantitative estimate of drug-likeness (QED) is 0.601. The summed E-state index contributed by atoms with van der Waals surface area (Å²) < 4.78 is 5.65. The van der Waals surface area contributed by atoms with Crippen LogP contribution in [0.3, 0.4) is 0 Å². The van der Waals surface area contributed by atoms with Crippen molar-refractivity contribution < 1.29 is 14.9 Å². The molecule has 3 aromatic rings. The van der Waals surface area contributed by atoms with Crippen LogP contribution >= 0.6 is 0 Å². The Labute approximate surface area is 171 Å². The Hall–Kier alpha value is -2.66. The third kappa shape index (κ3) is 4.06. The molecule has 0 saturated heterocycles. The second kappa shape index (κ2) is 8.78. The molecular formula is C25H27NO3. The Kier molecular flexibility index (Phi) is 5.95. The van der Waals surface area contributed by atoms with Gasteiger partial charge in [-0.3, -0.25) is 0 Å². The van der Waals surface area contributed by atoms with Gasteiger partial charge in [-0.2, -0.15) is 0 Å². The van der Waals surface area contributed by atoms with Gasteiger partial charge in [0.05, 0.1) is 20.3 Å². The number of aliphatic hydroxyl groups excluding tert-OH is 2. The van der Waals surface area contributed by atoms with Gasteiger partial charge in [0.15, 0.2) is 0 Å². The van der Waals surface area contributed by atoms with Crippen LogP contribution in [0.2, 0.25) is 0 Å². The maximum Gasteiger partial charge on any atom is 0.124 e. The molecule has 1 aliphatic rings. The Morgan fingerprint density at radius 2 is 1.76 bits per heavy atom. The summed E-state index contributed by atoms with van der Waals surface area (Å²) in [6, 6.07) is 20.7. The molecule has 150 valence electrons. The van der Waals surface area contributed by atoms with Crippen LogP contribution in [0, 0.1) is 0 Å². The predicted molar refractivity (Wildman–Crippen MR) is 115 cm³/mol. The molecule has 1 heterocycles. The van der Waals surface area contributed by atoms with Crippen LogP contribution in [0.1, 0.15) is 33.9 Å². The molecule has 4 nitrogen and oxygen atoms in total. The summed E-state index contributed by atoms with van der Waals surface area (Å²) in [7, 11) is 1.69. The maximum absolute atomic E-state index is 9.59. The SMILES string of the molecule is COc1cc(CO)cc2c1C(Cc1ccc(-c3ccccc3CO)cc1)NCC2. The summed E-state index contributed by atoms with van der Waals surface area (Å²) in [4.78, 5) is 0. The predicted octanol–water partition coefficient (Wildman–Crippen LogP) is 3.78. The lowest BCUT2D eigenvalue weighted by Gasteiger charge is -2.29. The smallest absolute Gasteiger partial charge is 0.124 e. The number of aliphatic hydroxyl groups is 2. The first kappa shape index (κ1) is 19.6. The van der Waals surface area contributed by atoms with E-state index in [1.54, 1.807) is 7.11 Å². The van der Waals surface area contributed by atoms with Crippen molar-refractivity contribution in [1.82, 2.24) is 5.32 Å². The Morgan fingerprint density at radius 1 is 0.966 bits per heavy atom. The topological polar surface area (TPSA) is 61.7 Å². The van der Waals surface area contributed by atoms with E-state index < -0.39 is 0 Å². The first-order valence-corrected chi connectivity index (χ1v) is 10.1. The zero-order valence-electron chi connectivity index (χ0n) is 16.7. The Balaban J connectivity index is 1.60. The van der Waals surface area contributed by atoms with Crippen molar-refractivity contribution in [3.63, 3.8) is 0 Å².